The van der Waals surface area contributed by atoms with Crippen molar-refractivity contribution in [3.05, 3.63) is 66.0 Å². The molecular weight excluding hydrogens is 306 g/mol. The highest BCUT2D eigenvalue weighted by molar-refractivity contribution is 5.75. The summed E-state index contributed by atoms with van der Waals surface area (Å²) in [5.41, 5.74) is 3.91. The zero-order valence-electron chi connectivity index (χ0n) is 15.1. The smallest absolute Gasteiger partial charge is 0.124 e. The fourth-order valence-electron chi connectivity index (χ4n) is 4.07. The molecule has 0 aliphatic carbocycles. The summed E-state index contributed by atoms with van der Waals surface area (Å²) in [6.45, 7) is 6.58. The van der Waals surface area contributed by atoms with E-state index in [1.54, 1.807) is 0 Å². The first kappa shape index (κ1) is 16.3. The molecule has 25 heavy (non-hydrogen) atoms. The molecule has 2 aromatic carbocycles. The van der Waals surface area contributed by atoms with Crippen molar-refractivity contribution in [3.8, 4) is 0 Å². The Morgan fingerprint density at radius 2 is 1.68 bits per heavy atom. The van der Waals surface area contributed by atoms with E-state index < -0.39 is 0 Å². The fraction of sp³-hybridized carbons (Fsp3) is 0.409. The van der Waals surface area contributed by atoms with Crippen LogP contribution in [0, 0.1) is 0 Å². The summed E-state index contributed by atoms with van der Waals surface area (Å²) in [7, 11) is 0. The summed E-state index contributed by atoms with van der Waals surface area (Å²) < 4.78 is 2.42. The molecule has 4 rings (SSSR count). The van der Waals surface area contributed by atoms with Crippen LogP contribution >= 0.6 is 0 Å². The van der Waals surface area contributed by atoms with Crippen molar-refractivity contribution >= 4 is 11.0 Å². The summed E-state index contributed by atoms with van der Waals surface area (Å²) in [5.74, 6) is 1.94. The van der Waals surface area contributed by atoms with E-state index in [9.17, 15) is 0 Å². The highest BCUT2D eigenvalue weighted by Crippen LogP contribution is 2.28. The molecule has 0 bridgehead atoms. The van der Waals surface area contributed by atoms with Gasteiger partial charge in [0.1, 0.15) is 5.82 Å². The van der Waals surface area contributed by atoms with E-state index in [1.807, 2.05) is 0 Å². The van der Waals surface area contributed by atoms with Crippen LogP contribution < -0.4 is 0 Å². The lowest BCUT2D eigenvalue weighted by Crippen LogP contribution is -2.33. The number of likely N-dealkylation sites (tertiary alicyclic amines) is 1. The Balaban J connectivity index is 1.46. The number of imidazole rings is 1. The van der Waals surface area contributed by atoms with Gasteiger partial charge in [0.25, 0.3) is 0 Å². The number of hydrogen-bond donors (Lipinski definition) is 0. The molecule has 0 saturated carbocycles. The summed E-state index contributed by atoms with van der Waals surface area (Å²) in [6.07, 6.45) is 3.64. The molecule has 3 aromatic rings. The van der Waals surface area contributed by atoms with Gasteiger partial charge >= 0.3 is 0 Å². The van der Waals surface area contributed by atoms with E-state index in [4.69, 9.17) is 4.98 Å². The summed E-state index contributed by atoms with van der Waals surface area (Å²) in [5, 5.41) is 0. The minimum absolute atomic E-state index is 0.715. The molecule has 0 N–H and O–H groups in total. The lowest BCUT2D eigenvalue weighted by atomic mass is 9.89. The third kappa shape index (κ3) is 3.47. The van der Waals surface area contributed by atoms with Crippen molar-refractivity contribution in [3.63, 3.8) is 0 Å². The lowest BCUT2D eigenvalue weighted by molar-refractivity contribution is 0.198. The number of aryl methyl sites for hydroxylation is 1. The van der Waals surface area contributed by atoms with Crippen LogP contribution in [0.25, 0.3) is 11.0 Å². The van der Waals surface area contributed by atoms with Crippen molar-refractivity contribution in [1.29, 1.82) is 0 Å². The SMILES string of the molecule is CCCn1c(CN2CCC(c3ccccc3)CC2)nc2ccccc21. The Kier molecular flexibility index (Phi) is 4.84. The number of benzene rings is 2. The van der Waals surface area contributed by atoms with E-state index in [1.165, 1.54) is 29.7 Å². The Hall–Kier alpha value is -2.13. The highest BCUT2D eigenvalue weighted by Gasteiger charge is 2.22. The van der Waals surface area contributed by atoms with Crippen LogP contribution in [0.5, 0.6) is 0 Å². The monoisotopic (exact) mass is 333 g/mol. The first-order valence-corrected chi connectivity index (χ1v) is 9.56. The second kappa shape index (κ2) is 7.40. The molecule has 2 heterocycles. The van der Waals surface area contributed by atoms with Crippen LogP contribution in [-0.2, 0) is 13.1 Å². The minimum Gasteiger partial charge on any atom is -0.327 e. The number of rotatable bonds is 5. The van der Waals surface area contributed by atoms with Gasteiger partial charge in [-0.15, -0.1) is 0 Å². The predicted molar refractivity (Wildman–Crippen MR) is 104 cm³/mol. The second-order valence-electron chi connectivity index (χ2n) is 7.13. The van der Waals surface area contributed by atoms with Crippen molar-refractivity contribution in [2.45, 2.75) is 45.2 Å². The Morgan fingerprint density at radius 1 is 0.960 bits per heavy atom. The maximum Gasteiger partial charge on any atom is 0.124 e. The third-order valence-corrected chi connectivity index (χ3v) is 5.40. The first-order valence-electron chi connectivity index (χ1n) is 9.56. The molecule has 1 aliphatic rings. The van der Waals surface area contributed by atoms with E-state index >= 15 is 0 Å². The van der Waals surface area contributed by atoms with E-state index in [2.05, 4.69) is 71.0 Å². The van der Waals surface area contributed by atoms with Gasteiger partial charge in [-0.3, -0.25) is 4.90 Å². The fourth-order valence-corrected chi connectivity index (χ4v) is 4.07. The summed E-state index contributed by atoms with van der Waals surface area (Å²) >= 11 is 0. The van der Waals surface area contributed by atoms with Crippen molar-refractivity contribution < 1.29 is 0 Å². The van der Waals surface area contributed by atoms with Gasteiger partial charge in [0.15, 0.2) is 0 Å². The molecule has 130 valence electrons. The van der Waals surface area contributed by atoms with Gasteiger partial charge in [0.2, 0.25) is 0 Å². The van der Waals surface area contributed by atoms with E-state index in [0.717, 1.165) is 38.1 Å². The standard InChI is InChI=1S/C22H27N3/c1-2-14-25-21-11-7-6-10-20(21)23-22(25)17-24-15-12-19(13-16-24)18-8-4-3-5-9-18/h3-11,19H,2,12-17H2,1H3. The molecule has 0 atom stereocenters. The second-order valence-corrected chi connectivity index (χ2v) is 7.13. The Labute approximate surface area is 150 Å². The zero-order valence-corrected chi connectivity index (χ0v) is 15.1. The number of fused-ring (bicyclic) bond motifs is 1. The average molecular weight is 333 g/mol. The summed E-state index contributed by atoms with van der Waals surface area (Å²) in [6, 6.07) is 19.5. The van der Waals surface area contributed by atoms with Crippen LogP contribution in [0.2, 0.25) is 0 Å². The molecule has 1 aliphatic heterocycles. The van der Waals surface area contributed by atoms with Crippen LogP contribution in [-0.4, -0.2) is 27.5 Å². The van der Waals surface area contributed by atoms with Crippen LogP contribution in [0.4, 0.5) is 0 Å². The molecule has 1 saturated heterocycles. The van der Waals surface area contributed by atoms with Gasteiger partial charge in [-0.2, -0.15) is 0 Å². The summed E-state index contributed by atoms with van der Waals surface area (Å²) in [4.78, 5) is 7.50. The van der Waals surface area contributed by atoms with E-state index in [0.29, 0.717) is 5.92 Å². The molecular formula is C22H27N3. The average Bonchev–Trinajstić information content (AvgIpc) is 3.01. The number of hydrogen-bond acceptors (Lipinski definition) is 2. The highest BCUT2D eigenvalue weighted by atomic mass is 15.2. The molecule has 3 nitrogen and oxygen atoms in total. The Morgan fingerprint density at radius 3 is 2.44 bits per heavy atom. The lowest BCUT2D eigenvalue weighted by Gasteiger charge is -2.32. The molecule has 0 amide bonds. The maximum atomic E-state index is 4.92. The van der Waals surface area contributed by atoms with Crippen LogP contribution in [0.3, 0.4) is 0 Å². The topological polar surface area (TPSA) is 21.1 Å². The largest absolute Gasteiger partial charge is 0.327 e. The number of nitrogens with zero attached hydrogens (tertiary/aromatic N) is 3. The normalized spacial score (nSPS) is 16.5. The van der Waals surface area contributed by atoms with Crippen molar-refractivity contribution in [2.24, 2.45) is 0 Å². The van der Waals surface area contributed by atoms with E-state index in [-0.39, 0.29) is 0 Å². The number of piperidine rings is 1. The van der Waals surface area contributed by atoms with Gasteiger partial charge in [-0.1, -0.05) is 49.4 Å². The Bertz CT molecular complexity index is 814. The van der Waals surface area contributed by atoms with Crippen LogP contribution in [0.1, 0.15) is 43.5 Å². The third-order valence-electron chi connectivity index (χ3n) is 5.40. The van der Waals surface area contributed by atoms with Crippen LogP contribution in [0.15, 0.2) is 54.6 Å². The zero-order chi connectivity index (χ0) is 17.1. The minimum atomic E-state index is 0.715. The van der Waals surface area contributed by atoms with Gasteiger partial charge in [0.05, 0.1) is 17.6 Å². The molecule has 3 heteroatoms. The molecule has 0 radical (unpaired) electrons. The van der Waals surface area contributed by atoms with Gasteiger partial charge < -0.3 is 4.57 Å². The van der Waals surface area contributed by atoms with Crippen molar-refractivity contribution in [1.82, 2.24) is 14.5 Å². The molecule has 1 aromatic heterocycles. The maximum absolute atomic E-state index is 4.92. The van der Waals surface area contributed by atoms with Gasteiger partial charge in [0, 0.05) is 6.54 Å². The molecule has 0 spiro atoms. The number of aromatic nitrogens is 2. The quantitative estimate of drug-likeness (QED) is 0.667. The molecule has 0 unspecified atom stereocenters. The number of para-hydroxylation sites is 2. The van der Waals surface area contributed by atoms with Gasteiger partial charge in [-0.05, 0) is 56.0 Å². The van der Waals surface area contributed by atoms with Crippen molar-refractivity contribution in [2.75, 3.05) is 13.1 Å². The van der Waals surface area contributed by atoms with Gasteiger partial charge in [-0.25, -0.2) is 4.98 Å². The molecule has 1 fully saturated rings. The predicted octanol–water partition coefficient (Wildman–Crippen LogP) is 4.83. The first-order chi connectivity index (χ1) is 12.3.